The van der Waals surface area contributed by atoms with Gasteiger partial charge in [-0.25, -0.2) is 13.1 Å². The first-order chi connectivity index (χ1) is 9.81. The number of nitrogen functional groups attached to an aromatic ring is 1. The summed E-state index contributed by atoms with van der Waals surface area (Å²) in [5, 5.41) is 0. The summed E-state index contributed by atoms with van der Waals surface area (Å²) in [6.45, 7) is 10.8. The Morgan fingerprint density at radius 1 is 1.14 bits per heavy atom. The Hall–Kier alpha value is -1.11. The molecule has 0 unspecified atom stereocenters. The van der Waals surface area contributed by atoms with Crippen LogP contribution in [0, 0.1) is 13.8 Å². The van der Waals surface area contributed by atoms with Gasteiger partial charge >= 0.3 is 0 Å². The number of sulfonamides is 1. The van der Waals surface area contributed by atoms with Crippen LogP contribution in [-0.4, -0.2) is 39.5 Å². The molecule has 120 valence electrons. The van der Waals surface area contributed by atoms with E-state index in [0.29, 0.717) is 28.3 Å². The van der Waals surface area contributed by atoms with E-state index in [0.717, 1.165) is 26.1 Å². The molecule has 1 rings (SSSR count). The number of nitrogens with zero attached hydrogens (tertiary/aromatic N) is 1. The molecule has 5 nitrogen and oxygen atoms in total. The third-order valence-corrected chi connectivity index (χ3v) is 5.22. The smallest absolute Gasteiger partial charge is 0.241 e. The molecule has 0 aromatic heterocycles. The topological polar surface area (TPSA) is 75.4 Å². The van der Waals surface area contributed by atoms with Crippen molar-refractivity contribution in [2.75, 3.05) is 31.9 Å². The van der Waals surface area contributed by atoms with Crippen molar-refractivity contribution in [3.05, 3.63) is 23.3 Å². The van der Waals surface area contributed by atoms with Crippen molar-refractivity contribution in [2.45, 2.75) is 39.0 Å². The average Bonchev–Trinajstić information content (AvgIpc) is 2.35. The first kappa shape index (κ1) is 17.9. The van der Waals surface area contributed by atoms with Crippen molar-refractivity contribution in [2.24, 2.45) is 0 Å². The van der Waals surface area contributed by atoms with Crippen LogP contribution in [0.15, 0.2) is 17.0 Å². The quantitative estimate of drug-likeness (QED) is 0.719. The predicted octanol–water partition coefficient (Wildman–Crippen LogP) is 1.90. The van der Waals surface area contributed by atoms with Crippen LogP contribution in [0.25, 0.3) is 0 Å². The molecule has 1 aromatic rings. The Kier molecular flexibility index (Phi) is 6.64. The van der Waals surface area contributed by atoms with E-state index >= 15 is 0 Å². The van der Waals surface area contributed by atoms with Crippen LogP contribution in [0.2, 0.25) is 0 Å². The van der Waals surface area contributed by atoms with Crippen molar-refractivity contribution in [1.82, 2.24) is 9.62 Å². The number of nitrogens with one attached hydrogen (secondary N) is 1. The molecule has 0 radical (unpaired) electrons. The number of likely N-dealkylation sites (N-methyl/N-ethyl adjacent to an activating group) is 1. The highest BCUT2D eigenvalue weighted by atomic mass is 32.2. The molecule has 0 saturated carbocycles. The first-order valence-corrected chi connectivity index (χ1v) is 8.88. The molecule has 0 amide bonds. The fraction of sp³-hybridized carbons (Fsp3) is 0.600. The number of aryl methyl sites for hydroxylation is 2. The lowest BCUT2D eigenvalue weighted by atomic mass is 10.1. The third-order valence-electron chi connectivity index (χ3n) is 3.46. The van der Waals surface area contributed by atoms with Gasteiger partial charge in [0.15, 0.2) is 0 Å². The summed E-state index contributed by atoms with van der Waals surface area (Å²) in [7, 11) is -3.49. The van der Waals surface area contributed by atoms with E-state index in [9.17, 15) is 8.42 Å². The molecule has 0 fully saturated rings. The Balaban J connectivity index is 2.79. The van der Waals surface area contributed by atoms with Crippen molar-refractivity contribution in [3.63, 3.8) is 0 Å². The molecule has 0 bridgehead atoms. The second kappa shape index (κ2) is 7.77. The number of anilines is 1. The van der Waals surface area contributed by atoms with Gasteiger partial charge in [0.05, 0.1) is 4.90 Å². The Morgan fingerprint density at radius 3 is 2.19 bits per heavy atom. The molecule has 0 spiro atoms. The highest BCUT2D eigenvalue weighted by Crippen LogP contribution is 2.22. The zero-order valence-electron chi connectivity index (χ0n) is 13.4. The van der Waals surface area contributed by atoms with Gasteiger partial charge in [0.2, 0.25) is 10.0 Å². The maximum atomic E-state index is 12.4. The van der Waals surface area contributed by atoms with Gasteiger partial charge in [-0.3, -0.25) is 0 Å². The van der Waals surface area contributed by atoms with Crippen LogP contribution >= 0.6 is 0 Å². The van der Waals surface area contributed by atoms with E-state index < -0.39 is 10.0 Å². The molecule has 0 heterocycles. The summed E-state index contributed by atoms with van der Waals surface area (Å²) >= 11 is 0. The van der Waals surface area contributed by atoms with Crippen LogP contribution in [-0.2, 0) is 10.0 Å². The molecule has 21 heavy (non-hydrogen) atoms. The SMILES string of the molecule is CCCN(CC)CCNS(=O)(=O)c1c(C)cc(N)cc1C. The highest BCUT2D eigenvalue weighted by molar-refractivity contribution is 7.89. The Morgan fingerprint density at radius 2 is 1.71 bits per heavy atom. The van der Waals surface area contributed by atoms with E-state index in [4.69, 9.17) is 5.73 Å². The fourth-order valence-electron chi connectivity index (χ4n) is 2.56. The molecule has 3 N–H and O–H groups in total. The lowest BCUT2D eigenvalue weighted by molar-refractivity contribution is 0.293. The summed E-state index contributed by atoms with van der Waals surface area (Å²) < 4.78 is 27.6. The second-order valence-electron chi connectivity index (χ2n) is 5.32. The van der Waals surface area contributed by atoms with Gasteiger partial charge < -0.3 is 10.6 Å². The number of hydrogen-bond donors (Lipinski definition) is 2. The number of benzene rings is 1. The first-order valence-electron chi connectivity index (χ1n) is 7.40. The summed E-state index contributed by atoms with van der Waals surface area (Å²) in [6, 6.07) is 3.38. The monoisotopic (exact) mass is 313 g/mol. The molecule has 0 saturated heterocycles. The summed E-state index contributed by atoms with van der Waals surface area (Å²) in [4.78, 5) is 2.57. The standard InChI is InChI=1S/C15H27N3O2S/c1-5-8-18(6-2)9-7-17-21(19,20)15-12(3)10-14(16)11-13(15)4/h10-11,17H,5-9,16H2,1-4H3. The maximum Gasteiger partial charge on any atom is 0.241 e. The number of hydrogen-bond acceptors (Lipinski definition) is 4. The molecule has 0 aliphatic carbocycles. The zero-order valence-corrected chi connectivity index (χ0v) is 14.3. The minimum absolute atomic E-state index is 0.343. The highest BCUT2D eigenvalue weighted by Gasteiger charge is 2.19. The van der Waals surface area contributed by atoms with Crippen LogP contribution in [0.4, 0.5) is 5.69 Å². The lowest BCUT2D eigenvalue weighted by Gasteiger charge is -2.20. The largest absolute Gasteiger partial charge is 0.399 e. The van der Waals surface area contributed by atoms with Crippen molar-refractivity contribution >= 4 is 15.7 Å². The molecule has 0 aliphatic heterocycles. The summed E-state index contributed by atoms with van der Waals surface area (Å²) in [5.41, 5.74) is 7.69. The minimum atomic E-state index is -3.49. The van der Waals surface area contributed by atoms with Gasteiger partial charge in [0.25, 0.3) is 0 Å². The van der Waals surface area contributed by atoms with Gasteiger partial charge in [0.1, 0.15) is 0 Å². The van der Waals surface area contributed by atoms with Crippen molar-refractivity contribution < 1.29 is 8.42 Å². The molecule has 0 aliphatic rings. The predicted molar refractivity (Wildman–Crippen MR) is 87.9 cm³/mol. The van der Waals surface area contributed by atoms with Gasteiger partial charge in [-0.1, -0.05) is 13.8 Å². The van der Waals surface area contributed by atoms with E-state index in [-0.39, 0.29) is 0 Å². The minimum Gasteiger partial charge on any atom is -0.399 e. The van der Waals surface area contributed by atoms with E-state index in [2.05, 4.69) is 23.5 Å². The van der Waals surface area contributed by atoms with E-state index in [1.54, 1.807) is 26.0 Å². The van der Waals surface area contributed by atoms with Crippen LogP contribution < -0.4 is 10.5 Å². The van der Waals surface area contributed by atoms with Crippen LogP contribution in [0.5, 0.6) is 0 Å². The molecule has 1 aromatic carbocycles. The fourth-order valence-corrected chi connectivity index (χ4v) is 4.03. The Bertz CT molecular complexity index is 547. The number of nitrogens with two attached hydrogens (primary N) is 1. The molecule has 6 heteroatoms. The second-order valence-corrected chi connectivity index (χ2v) is 7.02. The third kappa shape index (κ3) is 4.98. The van der Waals surface area contributed by atoms with E-state index in [1.807, 2.05) is 0 Å². The van der Waals surface area contributed by atoms with Gasteiger partial charge in [0, 0.05) is 18.8 Å². The normalized spacial score (nSPS) is 12.0. The van der Waals surface area contributed by atoms with Crippen molar-refractivity contribution in [3.8, 4) is 0 Å². The van der Waals surface area contributed by atoms with Gasteiger partial charge in [-0.2, -0.15) is 0 Å². The molecular formula is C15H27N3O2S. The van der Waals surface area contributed by atoms with E-state index in [1.165, 1.54) is 0 Å². The summed E-state index contributed by atoms with van der Waals surface area (Å²) in [6.07, 6.45) is 1.07. The average molecular weight is 313 g/mol. The van der Waals surface area contributed by atoms with Crippen LogP contribution in [0.1, 0.15) is 31.4 Å². The molecular weight excluding hydrogens is 286 g/mol. The number of rotatable bonds is 8. The van der Waals surface area contributed by atoms with Crippen molar-refractivity contribution in [1.29, 1.82) is 0 Å². The molecule has 0 atom stereocenters. The zero-order chi connectivity index (χ0) is 16.0. The van der Waals surface area contributed by atoms with Crippen LogP contribution in [0.3, 0.4) is 0 Å². The maximum absolute atomic E-state index is 12.4. The lowest BCUT2D eigenvalue weighted by Crippen LogP contribution is -2.35. The van der Waals surface area contributed by atoms with Gasteiger partial charge in [-0.05, 0) is 56.6 Å². The Labute approximate surface area is 128 Å². The van der Waals surface area contributed by atoms with Gasteiger partial charge in [-0.15, -0.1) is 0 Å². The summed E-state index contributed by atoms with van der Waals surface area (Å²) in [5.74, 6) is 0.